The summed E-state index contributed by atoms with van der Waals surface area (Å²) in [5, 5.41) is 11.9. The maximum absolute atomic E-state index is 4.34. The molecule has 0 fully saturated rings. The Balaban J connectivity index is 2.15. The number of hydrogen-bond acceptors (Lipinski definition) is 3. The highest BCUT2D eigenvalue weighted by Gasteiger charge is 2.18. The van der Waals surface area contributed by atoms with E-state index in [2.05, 4.69) is 67.8 Å². The lowest BCUT2D eigenvalue weighted by molar-refractivity contribution is 0.508. The molecule has 0 saturated heterocycles. The monoisotopic (exact) mass is 340 g/mol. The number of rotatable bonds is 1. The Kier molecular flexibility index (Phi) is 2.87. The van der Waals surface area contributed by atoms with Crippen LogP contribution in [0.2, 0.25) is 0 Å². The van der Waals surface area contributed by atoms with Crippen LogP contribution in [0.25, 0.3) is 11.4 Å². The molecule has 1 N–H and O–H groups in total. The summed E-state index contributed by atoms with van der Waals surface area (Å²) >= 11 is 2.38. The summed E-state index contributed by atoms with van der Waals surface area (Å²) in [5.41, 5.74) is 2.47. The van der Waals surface area contributed by atoms with Crippen LogP contribution in [-0.4, -0.2) is 21.3 Å². The molecule has 2 aromatic rings. The normalized spacial score (nSPS) is 14.7. The van der Waals surface area contributed by atoms with Crippen molar-refractivity contribution < 1.29 is 0 Å². The molecule has 0 amide bonds. The fraction of sp³-hybridized carbons (Fsp3) is 0.333. The summed E-state index contributed by atoms with van der Waals surface area (Å²) in [6.45, 7) is 4.87. The number of nitrogens with zero attached hydrogens (tertiary/aromatic N) is 3. The molecular weight excluding hydrogens is 327 g/mol. The summed E-state index contributed by atoms with van der Waals surface area (Å²) in [6, 6.07) is 6.32. The zero-order chi connectivity index (χ0) is 11.8. The minimum Gasteiger partial charge on any atom is -0.309 e. The van der Waals surface area contributed by atoms with Crippen molar-refractivity contribution in [3.8, 4) is 11.4 Å². The van der Waals surface area contributed by atoms with Gasteiger partial charge in [0.15, 0.2) is 5.82 Å². The molecule has 0 atom stereocenters. The number of aromatic nitrogens is 3. The smallest absolute Gasteiger partial charge is 0.165 e. The number of benzene rings is 1. The van der Waals surface area contributed by atoms with Gasteiger partial charge in [0.25, 0.3) is 0 Å². The van der Waals surface area contributed by atoms with Gasteiger partial charge in [0.2, 0.25) is 0 Å². The van der Waals surface area contributed by atoms with Gasteiger partial charge in [-0.2, -0.15) is 0 Å². The molecule has 5 heteroatoms. The molecule has 4 nitrogen and oxygen atoms in total. The van der Waals surface area contributed by atoms with Crippen molar-refractivity contribution in [1.82, 2.24) is 20.1 Å². The minimum atomic E-state index is 0.815. The van der Waals surface area contributed by atoms with E-state index in [9.17, 15) is 0 Å². The number of aryl methyl sites for hydroxylation is 1. The first-order valence-corrected chi connectivity index (χ1v) is 6.73. The molecule has 88 valence electrons. The van der Waals surface area contributed by atoms with E-state index in [1.165, 1.54) is 14.7 Å². The van der Waals surface area contributed by atoms with Crippen LogP contribution in [0.1, 0.15) is 11.4 Å². The predicted molar refractivity (Wildman–Crippen MR) is 74.6 cm³/mol. The van der Waals surface area contributed by atoms with Crippen molar-refractivity contribution in [2.24, 2.45) is 0 Å². The number of hydrogen-bond donors (Lipinski definition) is 1. The van der Waals surface area contributed by atoms with E-state index in [1.807, 2.05) is 0 Å². The van der Waals surface area contributed by atoms with Gasteiger partial charge >= 0.3 is 0 Å². The molecule has 0 spiro atoms. The molecule has 17 heavy (non-hydrogen) atoms. The topological polar surface area (TPSA) is 42.7 Å². The van der Waals surface area contributed by atoms with Crippen molar-refractivity contribution >= 4 is 22.6 Å². The Bertz CT molecular complexity index is 562. The predicted octanol–water partition coefficient (Wildman–Crippen LogP) is 1.96. The fourth-order valence-corrected chi connectivity index (χ4v) is 2.71. The summed E-state index contributed by atoms with van der Waals surface area (Å²) in [7, 11) is 0. The van der Waals surface area contributed by atoms with Gasteiger partial charge < -0.3 is 9.88 Å². The highest BCUT2D eigenvalue weighted by atomic mass is 127. The largest absolute Gasteiger partial charge is 0.309 e. The Morgan fingerprint density at radius 2 is 2.24 bits per heavy atom. The third-order valence-electron chi connectivity index (χ3n) is 3.06. The second-order valence-corrected chi connectivity index (χ2v) is 5.28. The lowest BCUT2D eigenvalue weighted by Gasteiger charge is -2.16. The van der Waals surface area contributed by atoms with Gasteiger partial charge in [-0.05, 0) is 35.1 Å². The van der Waals surface area contributed by atoms with Crippen LogP contribution in [0.5, 0.6) is 0 Å². The van der Waals surface area contributed by atoms with E-state index in [0.29, 0.717) is 0 Å². The molecule has 0 aliphatic carbocycles. The summed E-state index contributed by atoms with van der Waals surface area (Å²) in [5.74, 6) is 2.03. The standard InChI is InChI=1S/C12H13IN4/c1-8-3-2-4-9(11(8)13)12-16-15-10-7-14-5-6-17(10)12/h2-4,14H,5-7H2,1H3. The van der Waals surface area contributed by atoms with E-state index < -0.39 is 0 Å². The summed E-state index contributed by atoms with van der Waals surface area (Å²) in [4.78, 5) is 0. The van der Waals surface area contributed by atoms with Gasteiger partial charge in [-0.3, -0.25) is 0 Å². The number of halogens is 1. The molecule has 1 aromatic heterocycles. The van der Waals surface area contributed by atoms with Crippen LogP contribution >= 0.6 is 22.6 Å². The lowest BCUT2D eigenvalue weighted by atomic mass is 10.1. The molecule has 1 aliphatic heterocycles. The molecular formula is C12H13IN4. The minimum absolute atomic E-state index is 0.815. The third-order valence-corrected chi connectivity index (χ3v) is 4.49. The maximum atomic E-state index is 4.34. The van der Waals surface area contributed by atoms with E-state index >= 15 is 0 Å². The molecule has 3 rings (SSSR count). The van der Waals surface area contributed by atoms with Crippen molar-refractivity contribution in [1.29, 1.82) is 0 Å². The van der Waals surface area contributed by atoms with Crippen molar-refractivity contribution in [3.05, 3.63) is 33.2 Å². The van der Waals surface area contributed by atoms with Crippen LogP contribution in [0.4, 0.5) is 0 Å². The zero-order valence-electron chi connectivity index (χ0n) is 9.57. The van der Waals surface area contributed by atoms with Gasteiger partial charge in [-0.25, -0.2) is 0 Å². The maximum Gasteiger partial charge on any atom is 0.165 e. The Morgan fingerprint density at radius 1 is 1.35 bits per heavy atom. The summed E-state index contributed by atoms with van der Waals surface area (Å²) < 4.78 is 3.48. The highest BCUT2D eigenvalue weighted by molar-refractivity contribution is 14.1. The van der Waals surface area contributed by atoms with Crippen LogP contribution in [-0.2, 0) is 13.1 Å². The SMILES string of the molecule is Cc1cccc(-c2nnc3n2CCNC3)c1I. The molecule has 0 saturated carbocycles. The zero-order valence-corrected chi connectivity index (χ0v) is 11.7. The van der Waals surface area contributed by atoms with Crippen LogP contribution in [0.15, 0.2) is 18.2 Å². The summed E-state index contributed by atoms with van der Waals surface area (Å²) in [6.07, 6.45) is 0. The number of fused-ring (bicyclic) bond motifs is 1. The van der Waals surface area contributed by atoms with Crippen molar-refractivity contribution in [2.45, 2.75) is 20.0 Å². The van der Waals surface area contributed by atoms with E-state index in [0.717, 1.165) is 31.3 Å². The fourth-order valence-electron chi connectivity index (χ4n) is 2.11. The second kappa shape index (κ2) is 4.38. The van der Waals surface area contributed by atoms with Crippen LogP contribution < -0.4 is 5.32 Å². The Morgan fingerprint density at radius 3 is 3.12 bits per heavy atom. The quantitative estimate of drug-likeness (QED) is 0.807. The first-order chi connectivity index (χ1) is 8.27. The molecule has 1 aliphatic rings. The molecule has 2 heterocycles. The molecule has 0 radical (unpaired) electrons. The average molecular weight is 340 g/mol. The van der Waals surface area contributed by atoms with Gasteiger partial charge in [0, 0.05) is 22.2 Å². The molecule has 1 aromatic carbocycles. The third kappa shape index (κ3) is 1.87. The van der Waals surface area contributed by atoms with Crippen LogP contribution in [0.3, 0.4) is 0 Å². The van der Waals surface area contributed by atoms with Gasteiger partial charge in [0.1, 0.15) is 5.82 Å². The molecule has 0 unspecified atom stereocenters. The number of nitrogens with one attached hydrogen (secondary N) is 1. The first kappa shape index (κ1) is 11.2. The van der Waals surface area contributed by atoms with Gasteiger partial charge in [0.05, 0.1) is 6.54 Å². The van der Waals surface area contributed by atoms with E-state index in [1.54, 1.807) is 0 Å². The van der Waals surface area contributed by atoms with Gasteiger partial charge in [-0.1, -0.05) is 18.2 Å². The van der Waals surface area contributed by atoms with Crippen molar-refractivity contribution in [2.75, 3.05) is 6.54 Å². The van der Waals surface area contributed by atoms with E-state index in [4.69, 9.17) is 0 Å². The average Bonchev–Trinajstić information content (AvgIpc) is 2.77. The second-order valence-electron chi connectivity index (χ2n) is 4.20. The Labute approximate surface area is 114 Å². The molecule has 0 bridgehead atoms. The van der Waals surface area contributed by atoms with E-state index in [-0.39, 0.29) is 0 Å². The van der Waals surface area contributed by atoms with Gasteiger partial charge in [-0.15, -0.1) is 10.2 Å². The van der Waals surface area contributed by atoms with Crippen molar-refractivity contribution in [3.63, 3.8) is 0 Å². The lowest BCUT2D eigenvalue weighted by Crippen LogP contribution is -2.28. The van der Waals surface area contributed by atoms with Crippen LogP contribution in [0, 0.1) is 10.5 Å². The highest BCUT2D eigenvalue weighted by Crippen LogP contribution is 2.27. The first-order valence-electron chi connectivity index (χ1n) is 5.65. The Hall–Kier alpha value is -0.950.